The van der Waals surface area contributed by atoms with Crippen LogP contribution in [0, 0.1) is 0 Å². The number of aldehydes is 1. The minimum Gasteiger partial charge on any atom is -0.356 e. The molecule has 0 aromatic heterocycles. The molecule has 0 radical (unpaired) electrons. The first-order valence-electron chi connectivity index (χ1n) is 13.7. The van der Waals surface area contributed by atoms with E-state index in [4.69, 9.17) is 0 Å². The van der Waals surface area contributed by atoms with Crippen LogP contribution in [0.15, 0.2) is 0 Å². The predicted molar refractivity (Wildman–Crippen MR) is 144 cm³/mol. The van der Waals surface area contributed by atoms with Gasteiger partial charge in [-0.2, -0.15) is 0 Å². The number of unbranched alkanes of at least 4 members (excludes halogenated alkanes) is 6. The molecule has 0 saturated heterocycles. The maximum atomic E-state index is 11.9. The van der Waals surface area contributed by atoms with E-state index in [0.717, 1.165) is 43.0 Å². The van der Waals surface area contributed by atoms with Crippen molar-refractivity contribution in [2.75, 3.05) is 40.8 Å². The Hall–Kier alpha value is -0.940. The van der Waals surface area contributed by atoms with Crippen LogP contribution in [0.1, 0.15) is 119 Å². The van der Waals surface area contributed by atoms with Gasteiger partial charge in [0.1, 0.15) is 6.29 Å². The van der Waals surface area contributed by atoms with E-state index < -0.39 is 0 Å². The number of rotatable bonds is 18. The van der Waals surface area contributed by atoms with Gasteiger partial charge in [-0.1, -0.05) is 74.1 Å². The van der Waals surface area contributed by atoms with Crippen LogP contribution in [-0.4, -0.2) is 63.5 Å². The molecule has 0 aliphatic rings. The summed E-state index contributed by atoms with van der Waals surface area (Å²) in [5, 5.41) is 5.96. The van der Waals surface area contributed by atoms with Crippen LogP contribution in [-0.2, 0) is 9.59 Å². The highest BCUT2D eigenvalue weighted by Gasteiger charge is 2.15. The van der Waals surface area contributed by atoms with Crippen LogP contribution < -0.4 is 10.6 Å². The number of nitrogens with one attached hydrogen (secondary N) is 2. The number of hydrogen-bond donors (Lipinski definition) is 2. The standard InChI is InChI=1S/C21H43N3O2.3C2H6/c1-5-6-7-8-9-12-17-24(3,4)18-13-15-21(26)23-16-11-10-14-20(19-25)22-2;3*1-2/h19-20,22H,5-18H2,1-4H3;3*1-2H3/p+1. The van der Waals surface area contributed by atoms with Crippen molar-refractivity contribution in [1.29, 1.82) is 0 Å². The smallest absolute Gasteiger partial charge is 0.220 e. The highest BCUT2D eigenvalue weighted by atomic mass is 16.1. The first-order valence-corrected chi connectivity index (χ1v) is 13.7. The van der Waals surface area contributed by atoms with Crippen molar-refractivity contribution in [3.8, 4) is 0 Å². The fourth-order valence-corrected chi connectivity index (χ4v) is 3.19. The van der Waals surface area contributed by atoms with Crippen LogP contribution in [0.2, 0.25) is 0 Å². The van der Waals surface area contributed by atoms with Gasteiger partial charge in [0, 0.05) is 19.4 Å². The quantitative estimate of drug-likeness (QED) is 0.142. The minimum atomic E-state index is -0.0580. The van der Waals surface area contributed by atoms with Gasteiger partial charge in [0.25, 0.3) is 0 Å². The number of carbonyl (C=O) groups excluding carboxylic acids is 2. The Morgan fingerprint density at radius 2 is 1.34 bits per heavy atom. The van der Waals surface area contributed by atoms with Crippen molar-refractivity contribution in [3.05, 3.63) is 0 Å². The summed E-state index contributed by atoms with van der Waals surface area (Å²) in [6, 6.07) is -0.0580. The number of nitrogens with zero attached hydrogens (tertiary/aromatic N) is 1. The Bertz CT molecular complexity index is 361. The Balaban J connectivity index is -0.000000597. The molecule has 0 aliphatic heterocycles. The van der Waals surface area contributed by atoms with E-state index in [2.05, 4.69) is 31.7 Å². The molecule has 1 atom stereocenters. The number of amides is 1. The number of carbonyl (C=O) groups is 2. The van der Waals surface area contributed by atoms with Crippen LogP contribution in [0.5, 0.6) is 0 Å². The molecule has 1 amide bonds. The predicted octanol–water partition coefficient (Wildman–Crippen LogP) is 6.36. The molecule has 5 nitrogen and oxygen atoms in total. The molecular formula is C27H62N3O2+. The average Bonchev–Trinajstić information content (AvgIpc) is 2.82. The molecule has 5 heteroatoms. The van der Waals surface area contributed by atoms with Gasteiger partial charge >= 0.3 is 0 Å². The molecule has 0 heterocycles. The summed E-state index contributed by atoms with van der Waals surface area (Å²) in [5.74, 6) is 0.158. The van der Waals surface area contributed by atoms with E-state index in [1.165, 1.54) is 45.1 Å². The van der Waals surface area contributed by atoms with Gasteiger partial charge in [0.15, 0.2) is 0 Å². The first-order chi connectivity index (χ1) is 15.4. The minimum absolute atomic E-state index is 0.0580. The molecule has 0 saturated carbocycles. The molecule has 196 valence electrons. The zero-order valence-electron chi connectivity index (χ0n) is 23.8. The third-order valence-electron chi connectivity index (χ3n) is 5.08. The molecule has 2 N–H and O–H groups in total. The second-order valence-corrected chi connectivity index (χ2v) is 8.13. The number of likely N-dealkylation sites (N-methyl/N-ethyl adjacent to an activating group) is 1. The summed E-state index contributed by atoms with van der Waals surface area (Å²) in [6.07, 6.45) is 13.2. The maximum absolute atomic E-state index is 11.9. The summed E-state index contributed by atoms with van der Waals surface area (Å²) in [7, 11) is 6.34. The van der Waals surface area contributed by atoms with Gasteiger partial charge in [-0.05, 0) is 39.2 Å². The van der Waals surface area contributed by atoms with Crippen molar-refractivity contribution in [1.82, 2.24) is 10.6 Å². The molecule has 0 aromatic rings. The Morgan fingerprint density at radius 3 is 1.88 bits per heavy atom. The second-order valence-electron chi connectivity index (χ2n) is 8.13. The third-order valence-corrected chi connectivity index (χ3v) is 5.08. The lowest BCUT2D eigenvalue weighted by Gasteiger charge is -2.29. The third kappa shape index (κ3) is 31.2. The van der Waals surface area contributed by atoms with Gasteiger partial charge in [-0.15, -0.1) is 0 Å². The van der Waals surface area contributed by atoms with E-state index in [-0.39, 0.29) is 11.9 Å². The summed E-state index contributed by atoms with van der Waals surface area (Å²) in [4.78, 5) is 22.6. The van der Waals surface area contributed by atoms with Gasteiger partial charge in [0.2, 0.25) is 5.91 Å². The fraction of sp³-hybridized carbons (Fsp3) is 0.926. The van der Waals surface area contributed by atoms with Crippen molar-refractivity contribution < 1.29 is 14.1 Å². The van der Waals surface area contributed by atoms with E-state index >= 15 is 0 Å². The maximum Gasteiger partial charge on any atom is 0.220 e. The topological polar surface area (TPSA) is 58.2 Å². The molecule has 0 fully saturated rings. The van der Waals surface area contributed by atoms with Crippen LogP contribution in [0.25, 0.3) is 0 Å². The fourth-order valence-electron chi connectivity index (χ4n) is 3.19. The first kappa shape index (κ1) is 38.3. The van der Waals surface area contributed by atoms with Crippen LogP contribution in [0.4, 0.5) is 0 Å². The van der Waals surface area contributed by atoms with E-state index in [1.54, 1.807) is 7.05 Å². The van der Waals surface area contributed by atoms with Crippen LogP contribution >= 0.6 is 0 Å². The van der Waals surface area contributed by atoms with Crippen molar-refractivity contribution >= 4 is 12.2 Å². The highest BCUT2D eigenvalue weighted by Crippen LogP contribution is 2.09. The average molecular weight is 461 g/mol. The Kier molecular flexibility index (Phi) is 38.6. The number of quaternary nitrogens is 1. The van der Waals surface area contributed by atoms with E-state index in [9.17, 15) is 9.59 Å². The Morgan fingerprint density at radius 1 is 0.812 bits per heavy atom. The van der Waals surface area contributed by atoms with Gasteiger partial charge < -0.3 is 19.9 Å². The largest absolute Gasteiger partial charge is 0.356 e. The van der Waals surface area contributed by atoms with E-state index in [0.29, 0.717) is 13.0 Å². The van der Waals surface area contributed by atoms with Gasteiger partial charge in [-0.25, -0.2) is 0 Å². The normalized spacial score (nSPS) is 10.9. The highest BCUT2D eigenvalue weighted by molar-refractivity contribution is 5.75. The molecule has 0 spiro atoms. The summed E-state index contributed by atoms with van der Waals surface area (Å²) in [5.41, 5.74) is 0. The Labute approximate surface area is 203 Å². The monoisotopic (exact) mass is 460 g/mol. The van der Waals surface area contributed by atoms with Crippen molar-refractivity contribution in [3.63, 3.8) is 0 Å². The summed E-state index contributed by atoms with van der Waals surface area (Å²) < 4.78 is 1.01. The van der Waals surface area contributed by atoms with Crippen LogP contribution in [0.3, 0.4) is 0 Å². The summed E-state index contributed by atoms with van der Waals surface area (Å²) >= 11 is 0. The molecule has 0 aliphatic carbocycles. The van der Waals surface area contributed by atoms with Gasteiger partial charge in [-0.3, -0.25) is 4.79 Å². The summed E-state index contributed by atoms with van der Waals surface area (Å²) in [6.45, 7) is 17.2. The van der Waals surface area contributed by atoms with E-state index in [1.807, 2.05) is 41.5 Å². The molecule has 1 unspecified atom stereocenters. The van der Waals surface area contributed by atoms with Crippen molar-refractivity contribution in [2.45, 2.75) is 125 Å². The molecule has 32 heavy (non-hydrogen) atoms. The molecule has 0 bridgehead atoms. The molecule has 0 aromatic carbocycles. The zero-order valence-corrected chi connectivity index (χ0v) is 23.8. The SMILES string of the molecule is CC.CC.CC.CCCCCCCC[N+](C)(C)CCCC(=O)NCCCCC(C=O)NC. The number of hydrogen-bond acceptors (Lipinski definition) is 3. The lowest BCUT2D eigenvalue weighted by molar-refractivity contribution is -0.890. The zero-order chi connectivity index (χ0) is 25.7. The second kappa shape index (κ2) is 32.2. The molecule has 0 rings (SSSR count). The lowest BCUT2D eigenvalue weighted by atomic mass is 10.1. The lowest BCUT2D eigenvalue weighted by Crippen LogP contribution is -2.41. The molecular weight excluding hydrogens is 398 g/mol. The van der Waals surface area contributed by atoms with Gasteiger partial charge in [0.05, 0.1) is 33.2 Å². The van der Waals surface area contributed by atoms with Crippen molar-refractivity contribution in [2.24, 2.45) is 0 Å².